The Balaban J connectivity index is 2.08. The fourth-order valence-electron chi connectivity index (χ4n) is 3.05. The van der Waals surface area contributed by atoms with Crippen LogP contribution in [0.4, 0.5) is 0 Å². The van der Waals surface area contributed by atoms with Crippen LogP contribution in [0.3, 0.4) is 0 Å². The van der Waals surface area contributed by atoms with Crippen LogP contribution in [-0.4, -0.2) is 16.1 Å². The summed E-state index contributed by atoms with van der Waals surface area (Å²) < 4.78 is 0.995. The molecule has 0 amide bonds. The zero-order valence-electron chi connectivity index (χ0n) is 11.0. The van der Waals surface area contributed by atoms with Crippen molar-refractivity contribution in [3.8, 4) is 0 Å². The van der Waals surface area contributed by atoms with Crippen molar-refractivity contribution in [3.05, 3.63) is 28.8 Å². The Kier molecular flexibility index (Phi) is 3.05. The lowest BCUT2D eigenvalue weighted by atomic mass is 9.84. The van der Waals surface area contributed by atoms with Gasteiger partial charge < -0.3 is 5.11 Å². The number of fused-ring (bicyclic) bond motifs is 1. The zero-order valence-corrected chi connectivity index (χ0v) is 11.8. The predicted molar refractivity (Wildman–Crippen MR) is 77.0 cm³/mol. The number of aromatic carboxylic acids is 1. The Hall–Kier alpha value is -1.42. The normalized spacial score (nSPS) is 17.9. The van der Waals surface area contributed by atoms with Gasteiger partial charge in [0.2, 0.25) is 0 Å². The summed E-state index contributed by atoms with van der Waals surface area (Å²) in [5.41, 5.74) is 1.52. The number of thiazole rings is 1. The van der Waals surface area contributed by atoms with Gasteiger partial charge in [-0.05, 0) is 37.5 Å². The number of nitrogens with zero attached hydrogens (tertiary/aromatic N) is 1. The van der Waals surface area contributed by atoms with E-state index in [1.54, 1.807) is 23.5 Å². The first-order chi connectivity index (χ1) is 9.14. The van der Waals surface area contributed by atoms with Gasteiger partial charge in [-0.2, -0.15) is 0 Å². The van der Waals surface area contributed by atoms with E-state index in [1.165, 1.54) is 30.7 Å². The molecule has 1 aliphatic rings. The van der Waals surface area contributed by atoms with Gasteiger partial charge in [0.05, 0.1) is 20.8 Å². The minimum atomic E-state index is -0.872. The Labute approximate surface area is 116 Å². The highest BCUT2D eigenvalue weighted by Crippen LogP contribution is 2.46. The molecular formula is C15H17NO2S. The largest absolute Gasteiger partial charge is 0.478 e. The molecule has 19 heavy (non-hydrogen) atoms. The average Bonchev–Trinajstić information content (AvgIpc) is 3.04. The van der Waals surface area contributed by atoms with Crippen molar-refractivity contribution >= 4 is 27.5 Å². The molecule has 0 aliphatic heterocycles. The second-order valence-corrected chi connectivity index (χ2v) is 6.38. The third kappa shape index (κ3) is 2.04. The number of carbonyl (C=O) groups is 1. The first-order valence-electron chi connectivity index (χ1n) is 6.79. The molecule has 1 heterocycles. The van der Waals surface area contributed by atoms with Crippen LogP contribution in [0.25, 0.3) is 10.2 Å². The van der Waals surface area contributed by atoms with Gasteiger partial charge >= 0.3 is 5.97 Å². The van der Waals surface area contributed by atoms with E-state index in [0.29, 0.717) is 5.56 Å². The lowest BCUT2D eigenvalue weighted by Gasteiger charge is -2.24. The van der Waals surface area contributed by atoms with Crippen molar-refractivity contribution in [2.45, 2.75) is 44.4 Å². The summed E-state index contributed by atoms with van der Waals surface area (Å²) in [5, 5.41) is 10.2. The molecule has 1 fully saturated rings. The first kappa shape index (κ1) is 12.6. The SMILES string of the molecule is CCC1(c2nc3ccc(C(=O)O)cc3s2)CCCC1. The molecular weight excluding hydrogens is 258 g/mol. The first-order valence-corrected chi connectivity index (χ1v) is 7.61. The van der Waals surface area contributed by atoms with Crippen molar-refractivity contribution in [1.82, 2.24) is 4.98 Å². The molecule has 4 heteroatoms. The van der Waals surface area contributed by atoms with Crippen molar-refractivity contribution < 1.29 is 9.90 Å². The number of rotatable bonds is 3. The van der Waals surface area contributed by atoms with Gasteiger partial charge in [0.25, 0.3) is 0 Å². The molecule has 3 rings (SSSR count). The summed E-state index contributed by atoms with van der Waals surface area (Å²) in [5.74, 6) is -0.872. The number of hydrogen-bond donors (Lipinski definition) is 1. The second kappa shape index (κ2) is 4.60. The number of hydrogen-bond acceptors (Lipinski definition) is 3. The lowest BCUT2D eigenvalue weighted by molar-refractivity contribution is 0.0697. The standard InChI is InChI=1S/C15H17NO2S/c1-2-15(7-3-4-8-15)14-16-11-6-5-10(13(17)18)9-12(11)19-14/h5-6,9H,2-4,7-8H2,1H3,(H,17,18). The van der Waals surface area contributed by atoms with E-state index in [4.69, 9.17) is 10.1 Å². The second-order valence-electron chi connectivity index (χ2n) is 5.35. The van der Waals surface area contributed by atoms with Crippen LogP contribution in [0.15, 0.2) is 18.2 Å². The van der Waals surface area contributed by atoms with E-state index in [1.807, 2.05) is 6.07 Å². The van der Waals surface area contributed by atoms with Gasteiger partial charge in [-0.15, -0.1) is 11.3 Å². The molecule has 1 aliphatic carbocycles. The van der Waals surface area contributed by atoms with Crippen molar-refractivity contribution in [3.63, 3.8) is 0 Å². The summed E-state index contributed by atoms with van der Waals surface area (Å²) in [7, 11) is 0. The van der Waals surface area contributed by atoms with E-state index in [-0.39, 0.29) is 5.41 Å². The molecule has 1 aromatic heterocycles. The van der Waals surface area contributed by atoms with E-state index in [2.05, 4.69) is 6.92 Å². The summed E-state index contributed by atoms with van der Waals surface area (Å²) in [4.78, 5) is 15.8. The molecule has 2 aromatic rings. The monoisotopic (exact) mass is 275 g/mol. The van der Waals surface area contributed by atoms with Gasteiger partial charge in [-0.1, -0.05) is 19.8 Å². The topological polar surface area (TPSA) is 50.2 Å². The number of aromatic nitrogens is 1. The summed E-state index contributed by atoms with van der Waals surface area (Å²) in [6.45, 7) is 2.24. The zero-order chi connectivity index (χ0) is 13.5. The Morgan fingerprint density at radius 2 is 2.16 bits per heavy atom. The van der Waals surface area contributed by atoms with Gasteiger partial charge in [0.1, 0.15) is 0 Å². The highest BCUT2D eigenvalue weighted by molar-refractivity contribution is 7.18. The molecule has 0 bridgehead atoms. The van der Waals surface area contributed by atoms with Crippen LogP contribution in [0, 0.1) is 0 Å². The number of benzene rings is 1. The smallest absolute Gasteiger partial charge is 0.335 e. The average molecular weight is 275 g/mol. The van der Waals surface area contributed by atoms with Crippen LogP contribution in [0.5, 0.6) is 0 Å². The number of carboxylic acids is 1. The number of carboxylic acid groups (broad SMARTS) is 1. The molecule has 1 N–H and O–H groups in total. The molecule has 100 valence electrons. The molecule has 0 atom stereocenters. The Bertz CT molecular complexity index is 626. The molecule has 0 unspecified atom stereocenters. The van der Waals surface area contributed by atoms with Crippen LogP contribution in [0.2, 0.25) is 0 Å². The van der Waals surface area contributed by atoms with E-state index >= 15 is 0 Å². The van der Waals surface area contributed by atoms with Crippen molar-refractivity contribution in [2.24, 2.45) is 0 Å². The molecule has 1 saturated carbocycles. The fraction of sp³-hybridized carbons (Fsp3) is 0.467. The molecule has 1 aromatic carbocycles. The summed E-state index contributed by atoms with van der Waals surface area (Å²) in [6.07, 6.45) is 6.12. The maximum atomic E-state index is 11.0. The summed E-state index contributed by atoms with van der Waals surface area (Å²) in [6, 6.07) is 5.22. The minimum Gasteiger partial charge on any atom is -0.478 e. The van der Waals surface area contributed by atoms with Gasteiger partial charge in [0.15, 0.2) is 0 Å². The maximum Gasteiger partial charge on any atom is 0.335 e. The van der Waals surface area contributed by atoms with Crippen LogP contribution < -0.4 is 0 Å². The minimum absolute atomic E-state index is 0.243. The van der Waals surface area contributed by atoms with Gasteiger partial charge in [0, 0.05) is 5.41 Å². The van der Waals surface area contributed by atoms with E-state index in [9.17, 15) is 4.79 Å². The van der Waals surface area contributed by atoms with Crippen LogP contribution in [-0.2, 0) is 5.41 Å². The van der Waals surface area contributed by atoms with Crippen molar-refractivity contribution in [2.75, 3.05) is 0 Å². The van der Waals surface area contributed by atoms with Crippen molar-refractivity contribution in [1.29, 1.82) is 0 Å². The lowest BCUT2D eigenvalue weighted by Crippen LogP contribution is -2.20. The fourth-order valence-corrected chi connectivity index (χ4v) is 4.38. The van der Waals surface area contributed by atoms with Crippen LogP contribution >= 0.6 is 11.3 Å². The van der Waals surface area contributed by atoms with E-state index < -0.39 is 5.97 Å². The molecule has 3 nitrogen and oxygen atoms in total. The molecule has 0 saturated heterocycles. The predicted octanol–water partition coefficient (Wildman–Crippen LogP) is 4.22. The highest BCUT2D eigenvalue weighted by atomic mass is 32.1. The van der Waals surface area contributed by atoms with Crippen LogP contribution in [0.1, 0.15) is 54.4 Å². The quantitative estimate of drug-likeness (QED) is 0.912. The third-order valence-corrected chi connectivity index (χ3v) is 5.59. The maximum absolute atomic E-state index is 11.0. The highest BCUT2D eigenvalue weighted by Gasteiger charge is 2.36. The third-order valence-electron chi connectivity index (χ3n) is 4.33. The molecule has 0 radical (unpaired) electrons. The summed E-state index contributed by atoms with van der Waals surface area (Å²) >= 11 is 1.68. The Morgan fingerprint density at radius 3 is 2.79 bits per heavy atom. The van der Waals surface area contributed by atoms with E-state index in [0.717, 1.165) is 16.6 Å². The Morgan fingerprint density at radius 1 is 1.42 bits per heavy atom. The molecule has 0 spiro atoms. The van der Waals surface area contributed by atoms with Gasteiger partial charge in [-0.25, -0.2) is 9.78 Å². The van der Waals surface area contributed by atoms with Gasteiger partial charge in [-0.3, -0.25) is 0 Å².